The van der Waals surface area contributed by atoms with Gasteiger partial charge in [-0.25, -0.2) is 9.18 Å². The number of hydrogen-bond acceptors (Lipinski definition) is 2. The van der Waals surface area contributed by atoms with E-state index in [-0.39, 0.29) is 30.2 Å². The van der Waals surface area contributed by atoms with Crippen molar-refractivity contribution in [1.29, 1.82) is 0 Å². The fourth-order valence-corrected chi connectivity index (χ4v) is 3.79. The highest BCUT2D eigenvalue weighted by atomic mass is 19.1. The van der Waals surface area contributed by atoms with E-state index in [1.54, 1.807) is 12.1 Å². The second kappa shape index (κ2) is 6.79. The predicted octanol–water partition coefficient (Wildman–Crippen LogP) is 2.62. The molecule has 0 saturated carbocycles. The van der Waals surface area contributed by atoms with Gasteiger partial charge in [0.25, 0.3) is 0 Å². The Bertz CT molecular complexity index is 626. The summed E-state index contributed by atoms with van der Waals surface area (Å²) >= 11 is 0. The van der Waals surface area contributed by atoms with Crippen LogP contribution in [0.4, 0.5) is 14.9 Å². The van der Waals surface area contributed by atoms with Gasteiger partial charge in [0.1, 0.15) is 5.82 Å². The molecule has 0 bridgehead atoms. The molecule has 0 radical (unpaired) electrons. The number of amides is 3. The van der Waals surface area contributed by atoms with Crippen LogP contribution < -0.4 is 10.2 Å². The summed E-state index contributed by atoms with van der Waals surface area (Å²) in [4.78, 5) is 28.0. The normalized spacial score (nSPS) is 27.5. The molecule has 0 spiro atoms. The smallest absolute Gasteiger partial charge is 0.317 e. The lowest BCUT2D eigenvalue weighted by Gasteiger charge is -2.35. The Hall–Kier alpha value is -2.11. The number of urea groups is 1. The van der Waals surface area contributed by atoms with Crippen LogP contribution in [-0.2, 0) is 4.79 Å². The van der Waals surface area contributed by atoms with Gasteiger partial charge in [-0.2, -0.15) is 0 Å². The molecule has 6 heteroatoms. The third-order valence-corrected chi connectivity index (χ3v) is 4.73. The lowest BCUT2D eigenvalue weighted by molar-refractivity contribution is -0.117. The molecule has 2 saturated heterocycles. The monoisotopic (exact) mass is 333 g/mol. The first kappa shape index (κ1) is 16.7. The summed E-state index contributed by atoms with van der Waals surface area (Å²) in [5.74, 6) is 0.525. The van der Waals surface area contributed by atoms with Crippen LogP contribution in [0.2, 0.25) is 0 Å². The fourth-order valence-electron chi connectivity index (χ4n) is 3.79. The van der Waals surface area contributed by atoms with E-state index in [0.29, 0.717) is 24.1 Å². The third kappa shape index (κ3) is 3.68. The molecule has 0 aromatic heterocycles. The van der Waals surface area contributed by atoms with E-state index in [1.807, 2.05) is 4.90 Å². The van der Waals surface area contributed by atoms with Crippen LogP contribution in [0, 0.1) is 17.7 Å². The summed E-state index contributed by atoms with van der Waals surface area (Å²) in [6.45, 7) is 6.20. The first-order valence-electron chi connectivity index (χ1n) is 8.53. The summed E-state index contributed by atoms with van der Waals surface area (Å²) in [5.41, 5.74) is 0.539. The van der Waals surface area contributed by atoms with Gasteiger partial charge >= 0.3 is 6.03 Å². The van der Waals surface area contributed by atoms with Crippen molar-refractivity contribution < 1.29 is 14.0 Å². The van der Waals surface area contributed by atoms with E-state index >= 15 is 0 Å². The second-order valence-electron chi connectivity index (χ2n) is 7.19. The zero-order valence-electron chi connectivity index (χ0n) is 14.2. The molecule has 2 heterocycles. The number of piperidine rings is 1. The van der Waals surface area contributed by atoms with Crippen LogP contribution in [0.5, 0.6) is 0 Å². The van der Waals surface area contributed by atoms with Gasteiger partial charge in [0.15, 0.2) is 0 Å². The van der Waals surface area contributed by atoms with Gasteiger partial charge in [-0.3, -0.25) is 4.79 Å². The zero-order valence-corrected chi connectivity index (χ0v) is 14.2. The molecule has 0 unspecified atom stereocenters. The number of anilines is 1. The van der Waals surface area contributed by atoms with Crippen molar-refractivity contribution in [2.75, 3.05) is 24.5 Å². The number of halogens is 1. The van der Waals surface area contributed by atoms with Gasteiger partial charge in [-0.05, 0) is 36.5 Å². The molecule has 3 amide bonds. The Kier molecular flexibility index (Phi) is 4.73. The van der Waals surface area contributed by atoms with Gasteiger partial charge < -0.3 is 15.1 Å². The zero-order chi connectivity index (χ0) is 17.3. The van der Waals surface area contributed by atoms with E-state index in [9.17, 15) is 14.0 Å². The van der Waals surface area contributed by atoms with Crippen molar-refractivity contribution >= 4 is 17.6 Å². The van der Waals surface area contributed by atoms with Gasteiger partial charge in [0.05, 0.1) is 6.04 Å². The number of nitrogens with one attached hydrogen (secondary N) is 1. The maximum atomic E-state index is 13.4. The maximum absolute atomic E-state index is 13.4. The molecule has 1 aromatic rings. The van der Waals surface area contributed by atoms with E-state index in [4.69, 9.17) is 0 Å². The Morgan fingerprint density at radius 3 is 2.58 bits per heavy atom. The molecule has 1 aromatic carbocycles. The largest absolute Gasteiger partial charge is 0.333 e. The fraction of sp³-hybridized carbons (Fsp3) is 0.556. The summed E-state index contributed by atoms with van der Waals surface area (Å²) in [6.07, 6.45) is 1.39. The Balaban J connectivity index is 1.61. The van der Waals surface area contributed by atoms with Crippen molar-refractivity contribution in [3.05, 3.63) is 30.1 Å². The number of hydrogen-bond donors (Lipinski definition) is 1. The molecule has 2 aliphatic heterocycles. The van der Waals surface area contributed by atoms with Gasteiger partial charge in [-0.15, -0.1) is 0 Å². The van der Waals surface area contributed by atoms with E-state index in [0.717, 1.165) is 19.5 Å². The van der Waals surface area contributed by atoms with Crippen LogP contribution in [0.3, 0.4) is 0 Å². The van der Waals surface area contributed by atoms with E-state index in [1.165, 1.54) is 17.0 Å². The minimum absolute atomic E-state index is 0.0914. The van der Waals surface area contributed by atoms with Crippen LogP contribution >= 0.6 is 0 Å². The minimum Gasteiger partial charge on any atom is -0.333 e. The number of nitrogens with zero attached hydrogens (tertiary/aromatic N) is 2. The van der Waals surface area contributed by atoms with Gasteiger partial charge in [0, 0.05) is 31.7 Å². The highest BCUT2D eigenvalue weighted by molar-refractivity contribution is 5.96. The van der Waals surface area contributed by atoms with Crippen molar-refractivity contribution in [3.63, 3.8) is 0 Å². The third-order valence-electron chi connectivity index (χ3n) is 4.73. The summed E-state index contributed by atoms with van der Waals surface area (Å²) < 4.78 is 13.4. The Morgan fingerprint density at radius 1 is 1.21 bits per heavy atom. The number of carbonyl (C=O) groups is 2. The number of carbonyl (C=O) groups excluding carboxylic acids is 2. The topological polar surface area (TPSA) is 52.7 Å². The van der Waals surface area contributed by atoms with Crippen molar-refractivity contribution in [3.8, 4) is 0 Å². The van der Waals surface area contributed by atoms with Crippen LogP contribution in [0.15, 0.2) is 24.3 Å². The summed E-state index contributed by atoms with van der Waals surface area (Å²) in [5, 5.41) is 2.97. The lowest BCUT2D eigenvalue weighted by Crippen LogP contribution is -2.50. The quantitative estimate of drug-likeness (QED) is 0.904. The highest BCUT2D eigenvalue weighted by Gasteiger charge is 2.33. The first-order chi connectivity index (χ1) is 11.4. The first-order valence-corrected chi connectivity index (χ1v) is 8.53. The molecule has 2 aliphatic rings. The average molecular weight is 333 g/mol. The molecule has 3 atom stereocenters. The summed E-state index contributed by atoms with van der Waals surface area (Å²) in [6, 6.07) is 5.64. The standard InChI is InChI=1S/C18H24FN3O2/c1-12-6-13(2)10-21(9-12)18(24)20-15-8-17(23)22(11-15)16-5-3-4-14(19)7-16/h3-5,7,12-13,15H,6,8-11H2,1-2H3,(H,20,24)/t12-,13+,15-/m1/s1. The number of benzene rings is 1. The predicted molar refractivity (Wildman–Crippen MR) is 90.2 cm³/mol. The summed E-state index contributed by atoms with van der Waals surface area (Å²) in [7, 11) is 0. The maximum Gasteiger partial charge on any atom is 0.317 e. The van der Waals surface area contributed by atoms with E-state index < -0.39 is 0 Å². The van der Waals surface area contributed by atoms with Crippen molar-refractivity contribution in [1.82, 2.24) is 10.2 Å². The van der Waals surface area contributed by atoms with Gasteiger partial charge in [-0.1, -0.05) is 19.9 Å². The highest BCUT2D eigenvalue weighted by Crippen LogP contribution is 2.24. The second-order valence-corrected chi connectivity index (χ2v) is 7.19. The Labute approximate surface area is 141 Å². The van der Waals surface area contributed by atoms with Crippen molar-refractivity contribution in [2.45, 2.75) is 32.7 Å². The average Bonchev–Trinajstić information content (AvgIpc) is 2.87. The van der Waals surface area contributed by atoms with Crippen LogP contribution in [0.25, 0.3) is 0 Å². The SMILES string of the molecule is C[C@@H]1C[C@H](C)CN(C(=O)N[C@@H]2CC(=O)N(c3cccc(F)c3)C2)C1. The van der Waals surface area contributed by atoms with Crippen LogP contribution in [-0.4, -0.2) is 42.5 Å². The molecule has 130 valence electrons. The molecule has 3 rings (SSSR count). The molecule has 2 fully saturated rings. The molecule has 5 nitrogen and oxygen atoms in total. The number of likely N-dealkylation sites (tertiary alicyclic amines) is 1. The molecule has 0 aliphatic carbocycles. The van der Waals surface area contributed by atoms with Gasteiger partial charge in [0.2, 0.25) is 5.91 Å². The lowest BCUT2D eigenvalue weighted by atomic mass is 9.92. The molecular formula is C18H24FN3O2. The number of rotatable bonds is 2. The molecule has 1 N–H and O–H groups in total. The Morgan fingerprint density at radius 2 is 1.92 bits per heavy atom. The van der Waals surface area contributed by atoms with Crippen molar-refractivity contribution in [2.24, 2.45) is 11.8 Å². The molecular weight excluding hydrogens is 309 g/mol. The van der Waals surface area contributed by atoms with Crippen LogP contribution in [0.1, 0.15) is 26.7 Å². The van der Waals surface area contributed by atoms with E-state index in [2.05, 4.69) is 19.2 Å². The minimum atomic E-state index is -0.371. The molecule has 24 heavy (non-hydrogen) atoms.